The van der Waals surface area contributed by atoms with Crippen molar-refractivity contribution >= 4 is 11.6 Å². The number of aliphatic hydroxyl groups excluding tert-OH is 1. The van der Waals surface area contributed by atoms with E-state index in [1.807, 2.05) is 43.3 Å². The zero-order valence-corrected chi connectivity index (χ0v) is 13.6. The molecule has 0 radical (unpaired) electrons. The van der Waals surface area contributed by atoms with Gasteiger partial charge in [0, 0.05) is 13.0 Å². The summed E-state index contributed by atoms with van der Waals surface area (Å²) >= 11 is 0. The number of hydrogen-bond donors (Lipinski definition) is 2. The van der Waals surface area contributed by atoms with Gasteiger partial charge in [0.05, 0.1) is 25.1 Å². The number of hydrogen-bond acceptors (Lipinski definition) is 5. The van der Waals surface area contributed by atoms with Gasteiger partial charge in [-0.2, -0.15) is 5.10 Å². The van der Waals surface area contributed by atoms with Crippen LogP contribution in [0.5, 0.6) is 0 Å². The van der Waals surface area contributed by atoms with Crippen LogP contribution in [0.25, 0.3) is 0 Å². The smallest absolute Gasteiger partial charge is 0.257 e. The van der Waals surface area contributed by atoms with Gasteiger partial charge in [-0.25, -0.2) is 5.01 Å². The second kappa shape index (κ2) is 7.42. The molecule has 1 aliphatic rings. The molecule has 1 aromatic carbocycles. The van der Waals surface area contributed by atoms with Crippen molar-refractivity contribution in [1.82, 2.24) is 10.3 Å². The molecule has 2 N–H and O–H groups in total. The van der Waals surface area contributed by atoms with Gasteiger partial charge in [-0.05, 0) is 24.6 Å². The van der Waals surface area contributed by atoms with E-state index in [4.69, 9.17) is 9.52 Å². The maximum Gasteiger partial charge on any atom is 0.257 e. The Bertz CT molecular complexity index is 708. The van der Waals surface area contributed by atoms with Crippen LogP contribution in [0.4, 0.5) is 0 Å². The van der Waals surface area contributed by atoms with Gasteiger partial charge >= 0.3 is 0 Å². The molecule has 0 bridgehead atoms. The third kappa shape index (κ3) is 3.55. The lowest BCUT2D eigenvalue weighted by atomic mass is 10.0. The van der Waals surface area contributed by atoms with Crippen molar-refractivity contribution in [2.45, 2.75) is 19.4 Å². The summed E-state index contributed by atoms with van der Waals surface area (Å²) in [5.74, 6) is 0.573. The number of rotatable bonds is 6. The SMILES string of the molecule is Cc1ccc(C2=NN(C(=O)CNCCO)C(c3ccco3)C2)cc1. The molecule has 126 valence electrons. The molecular weight excluding hydrogens is 306 g/mol. The predicted molar refractivity (Wildman–Crippen MR) is 90.6 cm³/mol. The molecule has 0 saturated carbocycles. The maximum absolute atomic E-state index is 12.5. The zero-order chi connectivity index (χ0) is 16.9. The van der Waals surface area contributed by atoms with Crippen molar-refractivity contribution in [3.05, 3.63) is 59.5 Å². The first kappa shape index (κ1) is 16.4. The van der Waals surface area contributed by atoms with Crippen molar-refractivity contribution in [3.63, 3.8) is 0 Å². The molecule has 6 heteroatoms. The molecule has 3 rings (SSSR count). The van der Waals surface area contributed by atoms with Gasteiger partial charge in [0.25, 0.3) is 5.91 Å². The fraction of sp³-hybridized carbons (Fsp3) is 0.333. The van der Waals surface area contributed by atoms with E-state index in [0.29, 0.717) is 13.0 Å². The standard InChI is InChI=1S/C18H21N3O3/c1-13-4-6-14(7-5-13)15-11-16(17-3-2-10-24-17)21(20-15)18(23)12-19-8-9-22/h2-7,10,16,19,22H,8-9,11-12H2,1H3. The normalized spacial score (nSPS) is 17.2. The lowest BCUT2D eigenvalue weighted by molar-refractivity contribution is -0.132. The van der Waals surface area contributed by atoms with E-state index in [1.165, 1.54) is 10.6 Å². The zero-order valence-electron chi connectivity index (χ0n) is 13.6. The van der Waals surface area contributed by atoms with Gasteiger partial charge in [-0.15, -0.1) is 0 Å². The molecule has 1 amide bonds. The van der Waals surface area contributed by atoms with Gasteiger partial charge in [-0.1, -0.05) is 29.8 Å². The summed E-state index contributed by atoms with van der Waals surface area (Å²) in [4.78, 5) is 12.5. The average Bonchev–Trinajstić information content (AvgIpc) is 3.25. The Morgan fingerprint density at radius 1 is 1.38 bits per heavy atom. The minimum absolute atomic E-state index is 0.00717. The molecule has 1 aromatic heterocycles. The molecule has 0 saturated heterocycles. The van der Waals surface area contributed by atoms with Crippen molar-refractivity contribution < 1.29 is 14.3 Å². The van der Waals surface area contributed by atoms with Crippen LogP contribution >= 0.6 is 0 Å². The minimum atomic E-state index is -0.236. The van der Waals surface area contributed by atoms with Gasteiger partial charge in [-0.3, -0.25) is 4.79 Å². The van der Waals surface area contributed by atoms with Crippen molar-refractivity contribution in [2.24, 2.45) is 5.10 Å². The largest absolute Gasteiger partial charge is 0.467 e. The average molecular weight is 327 g/mol. The highest BCUT2D eigenvalue weighted by atomic mass is 16.3. The molecule has 1 aliphatic heterocycles. The summed E-state index contributed by atoms with van der Waals surface area (Å²) in [6.45, 7) is 2.53. The van der Waals surface area contributed by atoms with Crippen molar-refractivity contribution in [3.8, 4) is 0 Å². The van der Waals surface area contributed by atoms with E-state index in [9.17, 15) is 4.79 Å². The van der Waals surface area contributed by atoms with Crippen LogP contribution in [-0.2, 0) is 4.79 Å². The van der Waals surface area contributed by atoms with Crippen LogP contribution in [0.2, 0.25) is 0 Å². The second-order valence-electron chi connectivity index (χ2n) is 5.79. The number of carbonyl (C=O) groups excluding carboxylic acids is 1. The Morgan fingerprint density at radius 2 is 2.17 bits per heavy atom. The topological polar surface area (TPSA) is 78.1 Å². The van der Waals surface area contributed by atoms with Crippen LogP contribution in [0.3, 0.4) is 0 Å². The number of amides is 1. The highest BCUT2D eigenvalue weighted by Crippen LogP contribution is 2.32. The number of nitrogens with zero attached hydrogens (tertiary/aromatic N) is 2. The van der Waals surface area contributed by atoms with Crippen LogP contribution < -0.4 is 5.32 Å². The summed E-state index contributed by atoms with van der Waals surface area (Å²) in [7, 11) is 0. The van der Waals surface area contributed by atoms with E-state index < -0.39 is 0 Å². The maximum atomic E-state index is 12.5. The first-order valence-electron chi connectivity index (χ1n) is 8.00. The highest BCUT2D eigenvalue weighted by Gasteiger charge is 2.34. The molecule has 2 aromatic rings. The summed E-state index contributed by atoms with van der Waals surface area (Å²) in [6, 6.07) is 11.5. The number of aryl methyl sites for hydroxylation is 1. The van der Waals surface area contributed by atoms with E-state index in [1.54, 1.807) is 6.26 Å². The van der Waals surface area contributed by atoms with E-state index in [2.05, 4.69) is 10.4 Å². The van der Waals surface area contributed by atoms with Crippen LogP contribution in [0, 0.1) is 6.92 Å². The summed E-state index contributed by atoms with van der Waals surface area (Å²) in [6.07, 6.45) is 2.22. The third-order valence-corrected chi connectivity index (χ3v) is 3.99. The molecule has 24 heavy (non-hydrogen) atoms. The van der Waals surface area contributed by atoms with E-state index >= 15 is 0 Å². The van der Waals surface area contributed by atoms with Crippen LogP contribution in [0.15, 0.2) is 52.2 Å². The number of benzene rings is 1. The Morgan fingerprint density at radius 3 is 2.83 bits per heavy atom. The quantitative estimate of drug-likeness (QED) is 0.794. The predicted octanol–water partition coefficient (Wildman–Crippen LogP) is 1.85. The van der Waals surface area contributed by atoms with E-state index in [-0.39, 0.29) is 25.1 Å². The van der Waals surface area contributed by atoms with E-state index in [0.717, 1.165) is 17.0 Å². The Balaban J connectivity index is 1.82. The van der Waals surface area contributed by atoms with Crippen LogP contribution in [0.1, 0.15) is 29.3 Å². The number of nitrogens with one attached hydrogen (secondary N) is 1. The lowest BCUT2D eigenvalue weighted by Crippen LogP contribution is -2.36. The fourth-order valence-corrected chi connectivity index (χ4v) is 2.72. The third-order valence-electron chi connectivity index (χ3n) is 3.99. The van der Waals surface area contributed by atoms with Gasteiger partial charge in [0.2, 0.25) is 0 Å². The van der Waals surface area contributed by atoms with Crippen LogP contribution in [-0.4, -0.2) is 41.4 Å². The molecule has 0 aliphatic carbocycles. The van der Waals surface area contributed by atoms with Crippen molar-refractivity contribution in [2.75, 3.05) is 19.7 Å². The molecule has 0 spiro atoms. The molecular formula is C18H21N3O3. The van der Waals surface area contributed by atoms with Crippen molar-refractivity contribution in [1.29, 1.82) is 0 Å². The number of hydrazone groups is 1. The fourth-order valence-electron chi connectivity index (χ4n) is 2.72. The van der Waals surface area contributed by atoms with Gasteiger partial charge < -0.3 is 14.8 Å². The molecule has 0 fully saturated rings. The second-order valence-corrected chi connectivity index (χ2v) is 5.79. The highest BCUT2D eigenvalue weighted by molar-refractivity contribution is 6.03. The summed E-state index contributed by atoms with van der Waals surface area (Å²) < 4.78 is 5.50. The molecule has 2 heterocycles. The monoisotopic (exact) mass is 327 g/mol. The molecule has 1 unspecified atom stereocenters. The number of carbonyl (C=O) groups is 1. The summed E-state index contributed by atoms with van der Waals surface area (Å²) in [5, 5.41) is 17.8. The van der Waals surface area contributed by atoms with Gasteiger partial charge in [0.1, 0.15) is 11.8 Å². The summed E-state index contributed by atoms with van der Waals surface area (Å²) in [5.41, 5.74) is 3.06. The number of furan rings is 1. The Kier molecular flexibility index (Phi) is 5.08. The Labute approximate surface area is 140 Å². The Hall–Kier alpha value is -2.44. The molecule has 1 atom stereocenters. The first-order chi connectivity index (χ1) is 11.7. The van der Waals surface area contributed by atoms with Gasteiger partial charge in [0.15, 0.2) is 0 Å². The first-order valence-corrected chi connectivity index (χ1v) is 8.00. The number of aliphatic hydroxyl groups is 1. The molecule has 6 nitrogen and oxygen atoms in total. The minimum Gasteiger partial charge on any atom is -0.467 e. The lowest BCUT2D eigenvalue weighted by Gasteiger charge is -2.19.